The van der Waals surface area contributed by atoms with Crippen LogP contribution in [-0.2, 0) is 10.0 Å². The molecule has 1 aromatic rings. The van der Waals surface area contributed by atoms with E-state index in [0.717, 1.165) is 0 Å². The average molecular weight is 224 g/mol. The van der Waals surface area contributed by atoms with E-state index >= 15 is 0 Å². The van der Waals surface area contributed by atoms with E-state index in [-0.39, 0.29) is 0 Å². The monoisotopic (exact) mass is 224 g/mol. The first-order chi connectivity index (χ1) is 6.30. The van der Waals surface area contributed by atoms with Gasteiger partial charge in [-0.2, -0.15) is 0 Å². The lowest BCUT2D eigenvalue weighted by molar-refractivity contribution is 0.145. The van der Waals surface area contributed by atoms with E-state index in [1.165, 1.54) is 0 Å². The zero-order valence-electron chi connectivity index (χ0n) is 6.70. The van der Waals surface area contributed by atoms with Gasteiger partial charge in [-0.3, -0.25) is 4.79 Å². The van der Waals surface area contributed by atoms with Crippen LogP contribution in [0.3, 0.4) is 0 Å². The number of halogens is 2. The molecule has 0 saturated carbocycles. The third kappa shape index (κ3) is 2.36. The van der Waals surface area contributed by atoms with Gasteiger partial charge in [0, 0.05) is 12.1 Å². The van der Waals surface area contributed by atoms with Gasteiger partial charge in [0.05, 0.1) is 5.69 Å². The molecule has 0 fully saturated rings. The van der Waals surface area contributed by atoms with Gasteiger partial charge in [-0.15, -0.1) is 0 Å². The Labute approximate surface area is 77.6 Å². The van der Waals surface area contributed by atoms with Crippen molar-refractivity contribution in [1.82, 2.24) is 4.98 Å². The zero-order chi connectivity index (χ0) is 10.9. The van der Waals surface area contributed by atoms with Gasteiger partial charge >= 0.3 is 0 Å². The van der Waals surface area contributed by atoms with Crippen molar-refractivity contribution in [3.63, 3.8) is 0 Å². The number of hydrogen-bond acceptors (Lipinski definition) is 3. The summed E-state index contributed by atoms with van der Waals surface area (Å²) < 4.78 is 45.7. The molecule has 5 nitrogen and oxygen atoms in total. The normalized spacial score (nSPS) is 12.0. The van der Waals surface area contributed by atoms with E-state index in [1.807, 2.05) is 4.98 Å². The molecule has 1 heterocycles. The van der Waals surface area contributed by atoms with Gasteiger partial charge in [0.1, 0.15) is 0 Å². The number of nitrogens with two attached hydrogens (primary N) is 1. The number of pyridine rings is 1. The van der Waals surface area contributed by atoms with Gasteiger partial charge in [-0.05, 0) is 0 Å². The Morgan fingerprint density at radius 3 is 2.36 bits per heavy atom. The van der Waals surface area contributed by atoms with Crippen molar-refractivity contribution in [2.45, 2.75) is 11.5 Å². The first kappa shape index (κ1) is 10.8. The van der Waals surface area contributed by atoms with Crippen LogP contribution in [0.25, 0.3) is 0 Å². The fourth-order valence-corrected chi connectivity index (χ4v) is 1.35. The molecule has 1 aromatic heterocycles. The lowest BCUT2D eigenvalue weighted by Gasteiger charge is -2.02. The quantitative estimate of drug-likeness (QED) is 0.738. The smallest absolute Gasteiger partial charge is 0.278 e. The molecular weight excluding hydrogens is 218 g/mol. The Hall–Kier alpha value is -1.28. The molecule has 0 amide bonds. The van der Waals surface area contributed by atoms with Crippen LogP contribution < -0.4 is 10.6 Å². The van der Waals surface area contributed by atoms with Crippen LogP contribution >= 0.6 is 0 Å². The minimum absolute atomic E-state index is 0.610. The molecule has 3 N–H and O–H groups in total. The number of rotatable bonds is 2. The number of aromatic nitrogens is 1. The Morgan fingerprint density at radius 1 is 1.36 bits per heavy atom. The summed E-state index contributed by atoms with van der Waals surface area (Å²) in [6.07, 6.45) is -2.95. The lowest BCUT2D eigenvalue weighted by Crippen LogP contribution is -2.18. The summed E-state index contributed by atoms with van der Waals surface area (Å²) in [4.78, 5) is 12.7. The maximum absolute atomic E-state index is 12.1. The summed E-state index contributed by atoms with van der Waals surface area (Å²) >= 11 is 0. The van der Waals surface area contributed by atoms with Crippen LogP contribution in [0.1, 0.15) is 12.1 Å². The van der Waals surface area contributed by atoms with Crippen LogP contribution in [0.5, 0.6) is 0 Å². The minimum atomic E-state index is -4.17. The highest BCUT2D eigenvalue weighted by Crippen LogP contribution is 2.15. The summed E-state index contributed by atoms with van der Waals surface area (Å²) in [5, 5.41) is 3.93. The van der Waals surface area contributed by atoms with E-state index in [4.69, 9.17) is 0 Å². The highest BCUT2D eigenvalue weighted by atomic mass is 32.2. The van der Waals surface area contributed by atoms with Crippen LogP contribution in [-0.4, -0.2) is 13.4 Å². The molecule has 8 heteroatoms. The number of aromatic amines is 1. The maximum Gasteiger partial charge on any atom is 0.278 e. The second-order valence-electron chi connectivity index (χ2n) is 2.48. The first-order valence-electron chi connectivity index (χ1n) is 3.36. The standard InChI is InChI=1S/C6H6F2N2O3S/c7-6(8)4-1-3(11)2-5(10-4)14(9,12)13/h1-2,6H,(H,10,11)(H2,9,12,13). The van der Waals surface area contributed by atoms with Crippen LogP contribution in [0.15, 0.2) is 22.0 Å². The maximum atomic E-state index is 12.1. The van der Waals surface area contributed by atoms with Crippen LogP contribution in [0.4, 0.5) is 8.78 Å². The van der Waals surface area contributed by atoms with Crippen molar-refractivity contribution < 1.29 is 17.2 Å². The molecule has 78 valence electrons. The molecule has 0 atom stereocenters. The van der Waals surface area contributed by atoms with Crippen molar-refractivity contribution in [3.05, 3.63) is 28.0 Å². The molecule has 0 radical (unpaired) electrons. The number of hydrogen-bond donors (Lipinski definition) is 2. The molecular formula is C6H6F2N2O3S. The highest BCUT2D eigenvalue weighted by molar-refractivity contribution is 7.89. The summed E-state index contributed by atoms with van der Waals surface area (Å²) in [7, 11) is -4.17. The molecule has 0 bridgehead atoms. The minimum Gasteiger partial charge on any atom is -0.344 e. The molecule has 0 spiro atoms. The van der Waals surface area contributed by atoms with Crippen molar-refractivity contribution in [2.75, 3.05) is 0 Å². The Kier molecular flexibility index (Phi) is 2.67. The number of primary sulfonamides is 1. The molecule has 0 saturated heterocycles. The fourth-order valence-electron chi connectivity index (χ4n) is 0.809. The van der Waals surface area contributed by atoms with E-state index in [0.29, 0.717) is 12.1 Å². The topological polar surface area (TPSA) is 93.0 Å². The van der Waals surface area contributed by atoms with Crippen LogP contribution in [0, 0.1) is 0 Å². The largest absolute Gasteiger partial charge is 0.344 e. The van der Waals surface area contributed by atoms with Gasteiger partial charge in [0.15, 0.2) is 10.5 Å². The zero-order valence-corrected chi connectivity index (χ0v) is 7.51. The van der Waals surface area contributed by atoms with E-state index < -0.39 is 32.6 Å². The van der Waals surface area contributed by atoms with E-state index in [9.17, 15) is 22.0 Å². The SMILES string of the molecule is NS(=O)(=O)c1cc(=O)cc(C(F)F)[nH]1. The predicted molar refractivity (Wildman–Crippen MR) is 43.4 cm³/mol. The van der Waals surface area contributed by atoms with E-state index in [2.05, 4.69) is 5.14 Å². The predicted octanol–water partition coefficient (Wildman–Crippen LogP) is -0.0401. The summed E-state index contributed by atoms with van der Waals surface area (Å²) in [6, 6.07) is 1.25. The second kappa shape index (κ2) is 3.46. The number of nitrogens with one attached hydrogen (secondary N) is 1. The Morgan fingerprint density at radius 2 is 1.93 bits per heavy atom. The number of sulfonamides is 1. The summed E-state index contributed by atoms with van der Waals surface area (Å²) in [5.41, 5.74) is -1.62. The molecule has 14 heavy (non-hydrogen) atoms. The molecule has 0 aliphatic carbocycles. The fraction of sp³-hybridized carbons (Fsp3) is 0.167. The average Bonchev–Trinajstić information content (AvgIpc) is 2.01. The van der Waals surface area contributed by atoms with Crippen molar-refractivity contribution >= 4 is 10.0 Å². The first-order valence-corrected chi connectivity index (χ1v) is 4.90. The lowest BCUT2D eigenvalue weighted by atomic mass is 10.3. The summed E-state index contributed by atoms with van der Waals surface area (Å²) in [5.74, 6) is 0. The molecule has 0 aromatic carbocycles. The second-order valence-corrected chi connectivity index (χ2v) is 4.01. The third-order valence-corrected chi connectivity index (χ3v) is 2.21. The molecule has 0 unspecified atom stereocenters. The highest BCUT2D eigenvalue weighted by Gasteiger charge is 2.14. The van der Waals surface area contributed by atoms with Gasteiger partial charge in [0.2, 0.25) is 0 Å². The molecule has 0 aliphatic rings. The van der Waals surface area contributed by atoms with Crippen molar-refractivity contribution in [2.24, 2.45) is 5.14 Å². The number of H-pyrrole nitrogens is 1. The van der Waals surface area contributed by atoms with Gasteiger partial charge < -0.3 is 4.98 Å². The number of alkyl halides is 2. The van der Waals surface area contributed by atoms with Crippen molar-refractivity contribution in [3.8, 4) is 0 Å². The molecule has 1 rings (SSSR count). The molecule has 0 aliphatic heterocycles. The summed E-state index contributed by atoms with van der Waals surface area (Å²) in [6.45, 7) is 0. The van der Waals surface area contributed by atoms with Gasteiger partial charge in [-0.25, -0.2) is 22.3 Å². The van der Waals surface area contributed by atoms with Gasteiger partial charge in [0.25, 0.3) is 16.4 Å². The van der Waals surface area contributed by atoms with E-state index in [1.54, 1.807) is 0 Å². The van der Waals surface area contributed by atoms with Crippen molar-refractivity contribution in [1.29, 1.82) is 0 Å². The van der Waals surface area contributed by atoms with Gasteiger partial charge in [-0.1, -0.05) is 0 Å². The third-order valence-electron chi connectivity index (χ3n) is 1.38. The Bertz CT molecular complexity index is 494. The van der Waals surface area contributed by atoms with Crippen LogP contribution in [0.2, 0.25) is 0 Å². The Balaban J connectivity index is 3.43.